The Morgan fingerprint density at radius 3 is 2.30 bits per heavy atom. The number of nitrogens with zero attached hydrogens (tertiary/aromatic N) is 3. The second kappa shape index (κ2) is 12.8. The molecule has 0 fully saturated rings. The first-order valence-electron chi connectivity index (χ1n) is 14.4. The first-order valence-corrected chi connectivity index (χ1v) is 14.4. The second-order valence-corrected chi connectivity index (χ2v) is 11.7. The highest BCUT2D eigenvalue weighted by atomic mass is 16.3. The Morgan fingerprint density at radius 1 is 0.932 bits per heavy atom. The van der Waals surface area contributed by atoms with Crippen molar-refractivity contribution in [2.75, 3.05) is 5.32 Å². The fourth-order valence-corrected chi connectivity index (χ4v) is 4.83. The Kier molecular flexibility index (Phi) is 8.76. The van der Waals surface area contributed by atoms with Gasteiger partial charge in [-0.05, 0) is 77.2 Å². The van der Waals surface area contributed by atoms with Gasteiger partial charge in [-0.3, -0.25) is 14.6 Å². The van der Waals surface area contributed by atoms with Crippen LogP contribution < -0.4 is 16.4 Å². The molecule has 44 heavy (non-hydrogen) atoms. The Balaban J connectivity index is 1.34. The van der Waals surface area contributed by atoms with Crippen LogP contribution in [0.3, 0.4) is 0 Å². The Labute approximate surface area is 256 Å². The number of phenolic OH excluding ortho intramolecular Hbond substituents is 1. The molecule has 2 heterocycles. The minimum atomic E-state index is -0.908. The molecule has 5 N–H and O–H groups in total. The molecule has 9 heteroatoms. The van der Waals surface area contributed by atoms with Gasteiger partial charge in [0.1, 0.15) is 11.8 Å². The van der Waals surface area contributed by atoms with Gasteiger partial charge in [0.05, 0.1) is 23.6 Å². The quantitative estimate of drug-likeness (QED) is 0.173. The monoisotopic (exact) mass is 588 g/mol. The van der Waals surface area contributed by atoms with Crippen molar-refractivity contribution in [1.82, 2.24) is 20.1 Å². The molecule has 0 aliphatic carbocycles. The van der Waals surface area contributed by atoms with E-state index in [4.69, 9.17) is 10.8 Å². The Morgan fingerprint density at radius 2 is 1.64 bits per heavy atom. The number of nitrogens with one attached hydrogen (secondary N) is 2. The van der Waals surface area contributed by atoms with Crippen molar-refractivity contribution in [2.45, 2.75) is 45.2 Å². The van der Waals surface area contributed by atoms with Crippen LogP contribution in [0.25, 0.3) is 16.9 Å². The van der Waals surface area contributed by atoms with E-state index in [0.29, 0.717) is 12.1 Å². The predicted octanol–water partition coefficient (Wildman–Crippen LogP) is 5.38. The molecule has 1 atom stereocenters. The van der Waals surface area contributed by atoms with E-state index in [-0.39, 0.29) is 17.6 Å². The van der Waals surface area contributed by atoms with E-state index in [1.165, 1.54) is 17.7 Å². The van der Waals surface area contributed by atoms with Gasteiger partial charge in [0.15, 0.2) is 0 Å². The topological polar surface area (TPSA) is 135 Å². The van der Waals surface area contributed by atoms with E-state index in [9.17, 15) is 14.7 Å². The zero-order valence-corrected chi connectivity index (χ0v) is 25.0. The highest BCUT2D eigenvalue weighted by Gasteiger charge is 2.20. The molecule has 5 aromatic rings. The van der Waals surface area contributed by atoms with E-state index in [1.807, 2.05) is 28.9 Å². The summed E-state index contributed by atoms with van der Waals surface area (Å²) in [5.74, 6) is -0.942. The number of aromatic nitrogens is 3. The number of phenols is 1. The highest BCUT2D eigenvalue weighted by Crippen LogP contribution is 2.26. The van der Waals surface area contributed by atoms with Gasteiger partial charge < -0.3 is 21.5 Å². The number of hydrogen-bond donors (Lipinski definition) is 4. The van der Waals surface area contributed by atoms with Crippen molar-refractivity contribution in [3.63, 3.8) is 0 Å². The van der Waals surface area contributed by atoms with Crippen LogP contribution >= 0.6 is 0 Å². The van der Waals surface area contributed by atoms with Gasteiger partial charge in [-0.2, -0.15) is 5.10 Å². The minimum absolute atomic E-state index is 0.0372. The van der Waals surface area contributed by atoms with Crippen molar-refractivity contribution >= 4 is 17.5 Å². The molecule has 3 aromatic carbocycles. The molecule has 0 spiro atoms. The first-order chi connectivity index (χ1) is 21.1. The van der Waals surface area contributed by atoms with Crippen LogP contribution in [0.1, 0.15) is 48.0 Å². The zero-order valence-electron chi connectivity index (χ0n) is 25.0. The molecule has 0 radical (unpaired) electrons. The van der Waals surface area contributed by atoms with Crippen molar-refractivity contribution < 1.29 is 14.7 Å². The summed E-state index contributed by atoms with van der Waals surface area (Å²) in [6.45, 7) is 7.00. The molecule has 2 aromatic heterocycles. The van der Waals surface area contributed by atoms with Crippen LogP contribution in [0.4, 0.5) is 5.69 Å². The molecule has 0 bridgehead atoms. The van der Waals surface area contributed by atoms with Gasteiger partial charge in [-0.25, -0.2) is 4.68 Å². The number of rotatable bonds is 10. The summed E-state index contributed by atoms with van der Waals surface area (Å²) in [6.07, 6.45) is 3.70. The Bertz CT molecular complexity index is 1740. The van der Waals surface area contributed by atoms with Gasteiger partial charge in [-0.15, -0.1) is 0 Å². The number of amides is 2. The zero-order chi connectivity index (χ0) is 31.3. The number of benzene rings is 3. The lowest BCUT2D eigenvalue weighted by Crippen LogP contribution is -2.45. The molecule has 9 nitrogen and oxygen atoms in total. The third-order valence-electron chi connectivity index (χ3n) is 7.36. The third kappa shape index (κ3) is 7.30. The van der Waals surface area contributed by atoms with Crippen molar-refractivity contribution in [3.05, 3.63) is 126 Å². The van der Waals surface area contributed by atoms with Crippen LogP contribution in [0.15, 0.2) is 103 Å². The van der Waals surface area contributed by atoms with Crippen LogP contribution in [0, 0.1) is 0 Å². The van der Waals surface area contributed by atoms with Crippen LogP contribution in [-0.4, -0.2) is 37.7 Å². The number of primary amides is 1. The summed E-state index contributed by atoms with van der Waals surface area (Å²) in [6, 6.07) is 26.9. The maximum atomic E-state index is 13.1. The largest absolute Gasteiger partial charge is 0.508 e. The minimum Gasteiger partial charge on any atom is -0.508 e. The van der Waals surface area contributed by atoms with Crippen molar-refractivity contribution in [3.8, 4) is 22.7 Å². The number of aromatic hydroxyl groups is 1. The van der Waals surface area contributed by atoms with E-state index in [2.05, 4.69) is 60.7 Å². The average Bonchev–Trinajstić information content (AvgIpc) is 3.45. The van der Waals surface area contributed by atoms with Gasteiger partial charge >= 0.3 is 0 Å². The second-order valence-electron chi connectivity index (χ2n) is 11.7. The molecule has 0 saturated heterocycles. The van der Waals surface area contributed by atoms with Gasteiger partial charge in [0.25, 0.3) is 5.91 Å². The molecular weight excluding hydrogens is 552 g/mol. The number of pyridine rings is 1. The molecule has 224 valence electrons. The van der Waals surface area contributed by atoms with Gasteiger partial charge in [0, 0.05) is 35.6 Å². The molecule has 5 rings (SSSR count). The van der Waals surface area contributed by atoms with Gasteiger partial charge in [-0.1, -0.05) is 51.1 Å². The molecule has 0 aliphatic rings. The van der Waals surface area contributed by atoms with Crippen molar-refractivity contribution in [1.29, 1.82) is 0 Å². The normalized spacial score (nSPS) is 12.0. The number of hydrogen-bond acceptors (Lipinski definition) is 6. The average molecular weight is 589 g/mol. The van der Waals surface area contributed by atoms with E-state index in [1.54, 1.807) is 42.7 Å². The lowest BCUT2D eigenvalue weighted by atomic mass is 9.87. The molecule has 0 unspecified atom stereocenters. The Hall–Kier alpha value is -5.44. The van der Waals surface area contributed by atoms with E-state index < -0.39 is 17.9 Å². The molecule has 0 aliphatic heterocycles. The number of carbonyl (C=O) groups excluding carboxylic acids is 2. The fraction of sp³-hybridized carbons (Fsp3) is 0.200. The lowest BCUT2D eigenvalue weighted by molar-refractivity contribution is -0.119. The summed E-state index contributed by atoms with van der Waals surface area (Å²) in [7, 11) is 0. The van der Waals surface area contributed by atoms with Gasteiger partial charge in [0.2, 0.25) is 5.91 Å². The number of carbonyl (C=O) groups is 2. The summed E-state index contributed by atoms with van der Waals surface area (Å²) in [5.41, 5.74) is 12.4. The summed E-state index contributed by atoms with van der Waals surface area (Å²) < 4.78 is 1.92. The van der Waals surface area contributed by atoms with E-state index in [0.717, 1.165) is 33.9 Å². The number of nitrogens with two attached hydrogens (primary N) is 1. The summed E-state index contributed by atoms with van der Waals surface area (Å²) >= 11 is 0. The standard InChI is InChI=1S/C35H36N6O3/c1-35(2,3)26-9-11-28(12-10-26)41-29(21-31(40-41)24-15-17-37-18-16-24)22-38-27-6-4-5-25(20-27)34(44)39-32(33(36)43)19-23-7-13-30(42)14-8-23/h4-18,20-21,32,38,42H,19,22H2,1-3H3,(H2,36,43)(H,39,44)/t32-/m0/s1. The van der Waals surface area contributed by atoms with Crippen LogP contribution in [0.5, 0.6) is 5.75 Å². The molecule has 2 amide bonds. The van der Waals surface area contributed by atoms with E-state index >= 15 is 0 Å². The highest BCUT2D eigenvalue weighted by molar-refractivity contribution is 5.98. The predicted molar refractivity (Wildman–Crippen MR) is 172 cm³/mol. The van der Waals surface area contributed by atoms with Crippen molar-refractivity contribution in [2.24, 2.45) is 5.73 Å². The van der Waals surface area contributed by atoms with Crippen LogP contribution in [0.2, 0.25) is 0 Å². The van der Waals surface area contributed by atoms with Crippen LogP contribution in [-0.2, 0) is 23.2 Å². The maximum Gasteiger partial charge on any atom is 0.252 e. The number of anilines is 1. The lowest BCUT2D eigenvalue weighted by Gasteiger charge is -2.19. The fourth-order valence-electron chi connectivity index (χ4n) is 4.83. The summed E-state index contributed by atoms with van der Waals surface area (Å²) in [5, 5.41) is 20.6. The summed E-state index contributed by atoms with van der Waals surface area (Å²) in [4.78, 5) is 29.4. The SMILES string of the molecule is CC(C)(C)c1ccc(-n2nc(-c3ccncc3)cc2CNc2cccc(C(=O)N[C@@H](Cc3ccc(O)cc3)C(N)=O)c2)cc1. The maximum absolute atomic E-state index is 13.1. The third-order valence-corrected chi connectivity index (χ3v) is 7.36. The first kappa shape index (κ1) is 30.0. The molecule has 0 saturated carbocycles. The molecular formula is C35H36N6O3. The smallest absolute Gasteiger partial charge is 0.252 e.